The van der Waals surface area contributed by atoms with Crippen LogP contribution in [-0.2, 0) is 9.59 Å². The van der Waals surface area contributed by atoms with Crippen LogP contribution in [0.1, 0.15) is 58.3 Å². The number of hydrogen-bond donors (Lipinski definition) is 1. The van der Waals surface area contributed by atoms with Gasteiger partial charge in [-0.15, -0.1) is 11.6 Å². The second-order valence-corrected chi connectivity index (χ2v) is 8.99. The van der Waals surface area contributed by atoms with Crippen LogP contribution < -0.4 is 0 Å². The van der Waals surface area contributed by atoms with Gasteiger partial charge in [0.25, 0.3) is 0 Å². The third-order valence-electron chi connectivity index (χ3n) is 8.01. The van der Waals surface area contributed by atoms with E-state index in [1.165, 1.54) is 0 Å². The first-order valence-corrected chi connectivity index (χ1v) is 9.98. The van der Waals surface area contributed by atoms with Gasteiger partial charge in [0, 0.05) is 29.6 Å². The lowest BCUT2D eigenvalue weighted by molar-refractivity contribution is -0.136. The maximum Gasteiger partial charge on any atom is 0.155 e. The zero-order valence-electron chi connectivity index (χ0n) is 14.4. The van der Waals surface area contributed by atoms with Gasteiger partial charge in [-0.25, -0.2) is 0 Å². The lowest BCUT2D eigenvalue weighted by Crippen LogP contribution is -2.56. The molecule has 4 aliphatic rings. The Morgan fingerprint density at radius 2 is 1.96 bits per heavy atom. The molecule has 0 spiro atoms. The first kappa shape index (κ1) is 16.8. The molecule has 4 rings (SSSR count). The molecule has 0 radical (unpaired) electrons. The molecule has 3 fully saturated rings. The number of ketones is 2. The summed E-state index contributed by atoms with van der Waals surface area (Å²) in [6.07, 6.45) is 8.01. The summed E-state index contributed by atoms with van der Waals surface area (Å²) < 4.78 is 0. The maximum absolute atomic E-state index is 12.5. The zero-order chi connectivity index (χ0) is 17.1. The van der Waals surface area contributed by atoms with Crippen LogP contribution in [0.25, 0.3) is 0 Å². The van der Waals surface area contributed by atoms with Gasteiger partial charge in [0.1, 0.15) is 5.78 Å². The van der Waals surface area contributed by atoms with Crippen LogP contribution in [0.5, 0.6) is 0 Å². The van der Waals surface area contributed by atoms with Crippen molar-refractivity contribution in [1.29, 1.82) is 0 Å². The molecule has 3 nitrogen and oxygen atoms in total. The van der Waals surface area contributed by atoms with Crippen LogP contribution in [0.3, 0.4) is 0 Å². The molecule has 0 aromatic rings. The standard InChI is InChI=1S/C20H27ClO3/c1-19-8-7-16-14(15(19)4-5-17(19)23)3-2-12-10-13(22)6-9-20(12,16)18(24)11-21/h10,14-16,18,24H,2-9,11H2,1H3/t14?,15?,16?,18?,19-,20+/m0/s1. The highest BCUT2D eigenvalue weighted by atomic mass is 35.5. The number of carbonyl (C=O) groups excluding carboxylic acids is 2. The molecule has 0 saturated heterocycles. The number of aliphatic hydroxyl groups excluding tert-OH is 1. The number of halogens is 1. The van der Waals surface area contributed by atoms with E-state index >= 15 is 0 Å². The average molecular weight is 351 g/mol. The van der Waals surface area contributed by atoms with E-state index in [1.54, 1.807) is 0 Å². The Balaban J connectivity index is 1.76. The Morgan fingerprint density at radius 1 is 1.17 bits per heavy atom. The fourth-order valence-corrected chi connectivity index (χ4v) is 7.08. The van der Waals surface area contributed by atoms with Crippen LogP contribution >= 0.6 is 11.6 Å². The van der Waals surface area contributed by atoms with Gasteiger partial charge in [-0.3, -0.25) is 9.59 Å². The van der Waals surface area contributed by atoms with Gasteiger partial charge in [0.15, 0.2) is 5.78 Å². The Hall–Kier alpha value is -0.670. The summed E-state index contributed by atoms with van der Waals surface area (Å²) in [5.41, 5.74) is 0.659. The molecule has 0 aromatic heterocycles. The second kappa shape index (κ2) is 5.67. The summed E-state index contributed by atoms with van der Waals surface area (Å²) in [6, 6.07) is 0. The molecular weight excluding hydrogens is 324 g/mol. The number of hydrogen-bond acceptors (Lipinski definition) is 3. The van der Waals surface area contributed by atoms with E-state index in [9.17, 15) is 14.7 Å². The molecule has 1 N–H and O–H groups in total. The van der Waals surface area contributed by atoms with Crippen LogP contribution in [0.2, 0.25) is 0 Å². The Kier molecular flexibility index (Phi) is 3.96. The molecule has 4 aliphatic carbocycles. The highest BCUT2D eigenvalue weighted by molar-refractivity contribution is 6.18. The van der Waals surface area contributed by atoms with Gasteiger partial charge in [0.2, 0.25) is 0 Å². The van der Waals surface area contributed by atoms with Crippen molar-refractivity contribution in [1.82, 2.24) is 0 Å². The molecule has 24 heavy (non-hydrogen) atoms. The number of Topliss-reactive ketones (excluding diaryl/α,β-unsaturated/α-hetero) is 1. The van der Waals surface area contributed by atoms with Crippen molar-refractivity contribution >= 4 is 23.2 Å². The minimum atomic E-state index is -0.590. The van der Waals surface area contributed by atoms with E-state index in [1.807, 2.05) is 6.08 Å². The van der Waals surface area contributed by atoms with Gasteiger partial charge in [-0.1, -0.05) is 12.5 Å². The highest BCUT2D eigenvalue weighted by Crippen LogP contribution is 2.65. The Labute approximate surface area is 148 Å². The van der Waals surface area contributed by atoms with Crippen molar-refractivity contribution < 1.29 is 14.7 Å². The SMILES string of the molecule is C[C@]12CCC3C(CCC4=CC(=O)CC[C@@]43C(O)CCl)C1CCC2=O. The van der Waals surface area contributed by atoms with Gasteiger partial charge < -0.3 is 5.11 Å². The van der Waals surface area contributed by atoms with Crippen LogP contribution in [0, 0.1) is 28.6 Å². The molecule has 0 aromatic carbocycles. The van der Waals surface area contributed by atoms with E-state index in [0.29, 0.717) is 30.0 Å². The van der Waals surface area contributed by atoms with E-state index in [0.717, 1.165) is 50.5 Å². The van der Waals surface area contributed by atoms with Gasteiger partial charge in [-0.05, 0) is 62.4 Å². The summed E-state index contributed by atoms with van der Waals surface area (Å²) in [6.45, 7) is 2.17. The van der Waals surface area contributed by atoms with Crippen LogP contribution in [0.4, 0.5) is 0 Å². The Bertz CT molecular complexity index is 612. The summed E-state index contributed by atoms with van der Waals surface area (Å²) >= 11 is 6.11. The van der Waals surface area contributed by atoms with E-state index in [2.05, 4.69) is 6.92 Å². The molecular formula is C20H27ClO3. The molecule has 4 unspecified atom stereocenters. The van der Waals surface area contributed by atoms with Crippen molar-refractivity contribution in [3.05, 3.63) is 11.6 Å². The van der Waals surface area contributed by atoms with E-state index < -0.39 is 6.10 Å². The number of aliphatic hydroxyl groups is 1. The molecule has 3 saturated carbocycles. The lowest BCUT2D eigenvalue weighted by atomic mass is 9.46. The molecule has 4 heteroatoms. The van der Waals surface area contributed by atoms with E-state index in [4.69, 9.17) is 11.6 Å². The zero-order valence-corrected chi connectivity index (χ0v) is 15.1. The molecule has 0 amide bonds. The minimum Gasteiger partial charge on any atom is -0.391 e. The molecule has 0 aliphatic heterocycles. The summed E-state index contributed by atoms with van der Waals surface area (Å²) in [7, 11) is 0. The fourth-order valence-electron chi connectivity index (χ4n) is 6.81. The lowest BCUT2D eigenvalue weighted by Gasteiger charge is -2.59. The quantitative estimate of drug-likeness (QED) is 0.773. The fraction of sp³-hybridized carbons (Fsp3) is 0.800. The smallest absolute Gasteiger partial charge is 0.155 e. The van der Waals surface area contributed by atoms with Crippen molar-refractivity contribution in [3.8, 4) is 0 Å². The van der Waals surface area contributed by atoms with Crippen molar-refractivity contribution in [2.24, 2.45) is 28.6 Å². The van der Waals surface area contributed by atoms with Crippen LogP contribution in [-0.4, -0.2) is 28.7 Å². The van der Waals surface area contributed by atoms with E-state index in [-0.39, 0.29) is 22.5 Å². The number of fused-ring (bicyclic) bond motifs is 5. The first-order chi connectivity index (χ1) is 11.4. The molecule has 0 bridgehead atoms. The largest absolute Gasteiger partial charge is 0.391 e. The third-order valence-corrected chi connectivity index (χ3v) is 8.31. The summed E-state index contributed by atoms with van der Waals surface area (Å²) in [5.74, 6) is 2.15. The maximum atomic E-state index is 12.5. The second-order valence-electron chi connectivity index (χ2n) is 8.68. The normalized spacial score (nSPS) is 46.0. The molecule has 6 atom stereocenters. The Morgan fingerprint density at radius 3 is 2.71 bits per heavy atom. The minimum absolute atomic E-state index is 0.153. The third kappa shape index (κ3) is 2.07. The topological polar surface area (TPSA) is 54.4 Å². The van der Waals surface area contributed by atoms with Crippen molar-refractivity contribution in [2.75, 3.05) is 5.88 Å². The summed E-state index contributed by atoms with van der Waals surface area (Å²) in [5, 5.41) is 10.9. The first-order valence-electron chi connectivity index (χ1n) is 9.44. The number of alkyl halides is 1. The molecule has 0 heterocycles. The predicted molar refractivity (Wildman–Crippen MR) is 92.8 cm³/mol. The van der Waals surface area contributed by atoms with Gasteiger partial charge in [-0.2, -0.15) is 0 Å². The van der Waals surface area contributed by atoms with Gasteiger partial charge >= 0.3 is 0 Å². The monoisotopic (exact) mass is 350 g/mol. The summed E-state index contributed by atoms with van der Waals surface area (Å²) in [4.78, 5) is 24.4. The average Bonchev–Trinajstić information content (AvgIpc) is 2.89. The van der Waals surface area contributed by atoms with Gasteiger partial charge in [0.05, 0.1) is 6.10 Å². The van der Waals surface area contributed by atoms with Crippen molar-refractivity contribution in [2.45, 2.75) is 64.4 Å². The van der Waals surface area contributed by atoms with Crippen molar-refractivity contribution in [3.63, 3.8) is 0 Å². The number of rotatable bonds is 2. The predicted octanol–water partition coefficient (Wildman–Crippen LogP) is 3.67. The highest BCUT2D eigenvalue weighted by Gasteiger charge is 2.61. The number of carbonyl (C=O) groups is 2. The molecule has 132 valence electrons. The van der Waals surface area contributed by atoms with Crippen LogP contribution in [0.15, 0.2) is 11.6 Å².